The molecule has 0 radical (unpaired) electrons. The smallest absolute Gasteiger partial charge is 0.180 e. The third-order valence-corrected chi connectivity index (χ3v) is 4.89. The fraction of sp³-hybridized carbons (Fsp3) is 0.316. The van der Waals surface area contributed by atoms with Crippen molar-refractivity contribution in [2.24, 2.45) is 0 Å². The maximum absolute atomic E-state index is 12.5. The molecule has 2 heterocycles. The fourth-order valence-electron chi connectivity index (χ4n) is 3.56. The summed E-state index contributed by atoms with van der Waals surface area (Å²) in [7, 11) is 0. The number of hydrogen-bond donors (Lipinski definition) is 0. The van der Waals surface area contributed by atoms with E-state index in [-0.39, 0.29) is 16.8 Å². The number of carbonyl (C=O) groups excluding carboxylic acids is 1. The molecule has 0 saturated carbocycles. The third-order valence-electron chi connectivity index (χ3n) is 4.38. The van der Waals surface area contributed by atoms with Crippen molar-refractivity contribution in [1.82, 2.24) is 14.5 Å². The minimum absolute atomic E-state index is 0.115. The summed E-state index contributed by atoms with van der Waals surface area (Å²) in [5.74, 6) is 0.263. The highest BCUT2D eigenvalue weighted by Gasteiger charge is 2.25. The van der Waals surface area contributed by atoms with Crippen molar-refractivity contribution in [3.05, 3.63) is 51.1 Å². The van der Waals surface area contributed by atoms with Crippen LogP contribution in [-0.2, 0) is 0 Å². The van der Waals surface area contributed by atoms with E-state index >= 15 is 0 Å². The van der Waals surface area contributed by atoms with Crippen LogP contribution in [0.25, 0.3) is 16.7 Å². The molecule has 2 aromatic heterocycles. The molecule has 0 atom stereocenters. The van der Waals surface area contributed by atoms with Crippen LogP contribution in [0.5, 0.6) is 0 Å². The molecule has 0 aliphatic rings. The van der Waals surface area contributed by atoms with Gasteiger partial charge >= 0.3 is 0 Å². The van der Waals surface area contributed by atoms with Gasteiger partial charge in [-0.1, -0.05) is 29.3 Å². The molecule has 3 aromatic rings. The number of halogens is 2. The highest BCUT2D eigenvalue weighted by molar-refractivity contribution is 6.37. The number of hydrogen-bond acceptors (Lipinski definition) is 3. The lowest BCUT2D eigenvalue weighted by molar-refractivity contribution is 0.102. The zero-order chi connectivity index (χ0) is 18.5. The van der Waals surface area contributed by atoms with Gasteiger partial charge < -0.3 is 0 Å². The van der Waals surface area contributed by atoms with Crippen molar-refractivity contribution in [2.45, 2.75) is 34.6 Å². The van der Waals surface area contributed by atoms with E-state index in [1.165, 1.54) is 5.56 Å². The van der Waals surface area contributed by atoms with Crippen LogP contribution in [-0.4, -0.2) is 26.2 Å². The summed E-state index contributed by atoms with van der Waals surface area (Å²) in [4.78, 5) is 21.3. The number of nitrogens with zero attached hydrogens (tertiary/aromatic N) is 3. The Hall–Kier alpha value is -1.91. The molecule has 3 rings (SSSR count). The van der Waals surface area contributed by atoms with Crippen LogP contribution in [0.3, 0.4) is 0 Å². The molecule has 1 aromatic carbocycles. The molecule has 0 spiro atoms. The minimum Gasteiger partial charge on any atom is -0.297 e. The Morgan fingerprint density at radius 3 is 2.24 bits per heavy atom. The van der Waals surface area contributed by atoms with Crippen molar-refractivity contribution >= 4 is 40.0 Å². The molecule has 6 heteroatoms. The molecule has 130 valence electrons. The third kappa shape index (κ3) is 2.83. The van der Waals surface area contributed by atoms with Crippen LogP contribution in [0, 0.1) is 34.6 Å². The number of aryl methyl sites for hydroxylation is 4. The first kappa shape index (κ1) is 17.9. The minimum atomic E-state index is -0.181. The molecule has 0 N–H and O–H groups in total. The average Bonchev–Trinajstić information content (AvgIpc) is 2.79. The molecule has 25 heavy (non-hydrogen) atoms. The lowest BCUT2D eigenvalue weighted by atomic mass is 10.0. The van der Waals surface area contributed by atoms with Gasteiger partial charge in [0.1, 0.15) is 11.0 Å². The second kappa shape index (κ2) is 6.43. The summed E-state index contributed by atoms with van der Waals surface area (Å²) in [6, 6.07) is 4.23. The second-order valence-corrected chi connectivity index (χ2v) is 6.99. The Morgan fingerprint density at radius 1 is 1.08 bits per heavy atom. The number of carbonyl (C=O) groups is 1. The van der Waals surface area contributed by atoms with E-state index in [4.69, 9.17) is 23.2 Å². The maximum atomic E-state index is 12.5. The fourth-order valence-corrected chi connectivity index (χ4v) is 3.99. The maximum Gasteiger partial charge on any atom is 0.180 e. The molecule has 0 bridgehead atoms. The number of benzene rings is 1. The number of fused-ring (bicyclic) bond motifs is 1. The molecular formula is C19H19Cl2N3O. The summed E-state index contributed by atoms with van der Waals surface area (Å²) in [5.41, 5.74) is 6.32. The van der Waals surface area contributed by atoms with E-state index in [0.717, 1.165) is 22.5 Å². The van der Waals surface area contributed by atoms with Crippen molar-refractivity contribution in [3.63, 3.8) is 0 Å². The second-order valence-electron chi connectivity index (χ2n) is 6.36. The molecule has 0 fully saturated rings. The van der Waals surface area contributed by atoms with E-state index in [1.807, 2.05) is 11.5 Å². The largest absolute Gasteiger partial charge is 0.297 e. The van der Waals surface area contributed by atoms with Crippen LogP contribution in [0.1, 0.15) is 38.6 Å². The standard InChI is InChI=1S/C19H19Cl2N3O/c1-9-6-10(2)17(11(3)7-9)24-12(4)15(14(25)8-20)16-18(21)22-13(5)23-19(16)24/h6-7H,8H2,1-5H3. The monoisotopic (exact) mass is 375 g/mol. The zero-order valence-corrected chi connectivity index (χ0v) is 16.4. The molecular weight excluding hydrogens is 357 g/mol. The lowest BCUT2D eigenvalue weighted by Gasteiger charge is -2.15. The number of ketones is 1. The molecule has 0 unspecified atom stereocenters. The van der Waals surface area contributed by atoms with E-state index in [9.17, 15) is 4.79 Å². The summed E-state index contributed by atoms with van der Waals surface area (Å²) in [6.45, 7) is 9.86. The number of rotatable bonds is 3. The Bertz CT molecular complexity index is 998. The van der Waals surface area contributed by atoms with Gasteiger partial charge in [0.05, 0.1) is 22.5 Å². The van der Waals surface area contributed by atoms with Gasteiger partial charge in [0, 0.05) is 5.69 Å². The SMILES string of the molecule is Cc1cc(C)c(-n2c(C)c(C(=O)CCl)c3c(Cl)nc(C)nc32)c(C)c1. The van der Waals surface area contributed by atoms with E-state index in [1.54, 1.807) is 6.92 Å². The highest BCUT2D eigenvalue weighted by Crippen LogP contribution is 2.35. The van der Waals surface area contributed by atoms with Crippen molar-refractivity contribution in [1.29, 1.82) is 0 Å². The Balaban J connectivity index is 2.53. The molecule has 4 nitrogen and oxygen atoms in total. The van der Waals surface area contributed by atoms with Gasteiger partial charge in [-0.15, -0.1) is 11.6 Å². The van der Waals surface area contributed by atoms with Crippen LogP contribution in [0.2, 0.25) is 5.15 Å². The molecule has 0 amide bonds. The normalized spacial score (nSPS) is 11.3. The van der Waals surface area contributed by atoms with E-state index < -0.39 is 0 Å². The highest BCUT2D eigenvalue weighted by atomic mass is 35.5. The van der Waals surface area contributed by atoms with Gasteiger partial charge in [0.15, 0.2) is 11.4 Å². The summed E-state index contributed by atoms with van der Waals surface area (Å²) in [5, 5.41) is 0.843. The molecule has 0 aliphatic heterocycles. The van der Waals surface area contributed by atoms with Gasteiger partial charge in [-0.25, -0.2) is 9.97 Å². The Kier molecular flexibility index (Phi) is 4.60. The van der Waals surface area contributed by atoms with Gasteiger partial charge in [0.25, 0.3) is 0 Å². The van der Waals surface area contributed by atoms with Crippen molar-refractivity contribution in [3.8, 4) is 5.69 Å². The number of alkyl halides is 1. The molecule has 0 saturated heterocycles. The van der Waals surface area contributed by atoms with Gasteiger partial charge in [-0.05, 0) is 45.7 Å². The van der Waals surface area contributed by atoms with E-state index in [2.05, 4.69) is 42.9 Å². The average molecular weight is 376 g/mol. The predicted octanol–water partition coefficient (Wildman–Crippen LogP) is 5.04. The first-order valence-corrected chi connectivity index (χ1v) is 8.90. The Morgan fingerprint density at radius 2 is 1.68 bits per heavy atom. The van der Waals surface area contributed by atoms with Gasteiger partial charge in [-0.3, -0.25) is 9.36 Å². The first-order chi connectivity index (χ1) is 11.8. The summed E-state index contributed by atoms with van der Waals surface area (Å²) < 4.78 is 2.00. The number of Topliss-reactive ketones (excluding diaryl/α,β-unsaturated/α-hetero) is 1. The summed E-state index contributed by atoms with van der Waals surface area (Å²) >= 11 is 12.2. The topological polar surface area (TPSA) is 47.8 Å². The van der Waals surface area contributed by atoms with E-state index in [0.29, 0.717) is 22.4 Å². The van der Waals surface area contributed by atoms with Gasteiger partial charge in [0.2, 0.25) is 0 Å². The first-order valence-electron chi connectivity index (χ1n) is 7.98. The predicted molar refractivity (Wildman–Crippen MR) is 103 cm³/mol. The zero-order valence-electron chi connectivity index (χ0n) is 14.9. The number of aromatic nitrogens is 3. The quantitative estimate of drug-likeness (QED) is 0.366. The van der Waals surface area contributed by atoms with Crippen LogP contribution in [0.4, 0.5) is 0 Å². The van der Waals surface area contributed by atoms with Crippen molar-refractivity contribution < 1.29 is 4.79 Å². The lowest BCUT2D eigenvalue weighted by Crippen LogP contribution is -2.06. The van der Waals surface area contributed by atoms with Crippen LogP contribution >= 0.6 is 23.2 Å². The summed E-state index contributed by atoms with van der Waals surface area (Å²) in [6.07, 6.45) is 0. The van der Waals surface area contributed by atoms with Crippen molar-refractivity contribution in [2.75, 3.05) is 5.88 Å². The van der Waals surface area contributed by atoms with Gasteiger partial charge in [-0.2, -0.15) is 0 Å². The van der Waals surface area contributed by atoms with Crippen LogP contribution < -0.4 is 0 Å². The molecule has 0 aliphatic carbocycles. The van der Waals surface area contributed by atoms with Crippen LogP contribution in [0.15, 0.2) is 12.1 Å². The Labute approximate surface area is 156 Å².